The summed E-state index contributed by atoms with van der Waals surface area (Å²) in [4.78, 5) is 10.6. The lowest BCUT2D eigenvalue weighted by molar-refractivity contribution is -0.259. The van der Waals surface area contributed by atoms with Crippen LogP contribution < -0.4 is 5.73 Å². The van der Waals surface area contributed by atoms with E-state index in [9.17, 15) is 15.0 Å². The summed E-state index contributed by atoms with van der Waals surface area (Å²) >= 11 is 0. The predicted molar refractivity (Wildman–Crippen MR) is 72.2 cm³/mol. The van der Waals surface area contributed by atoms with Gasteiger partial charge in [-0.25, -0.2) is 0 Å². The summed E-state index contributed by atoms with van der Waals surface area (Å²) in [5.41, 5.74) is 5.04. The molecule has 1 aliphatic heterocycles. The van der Waals surface area contributed by atoms with Gasteiger partial charge in [0.15, 0.2) is 6.29 Å². The first-order valence-corrected chi connectivity index (χ1v) is 7.08. The summed E-state index contributed by atoms with van der Waals surface area (Å²) < 4.78 is 16.1. The fourth-order valence-corrected chi connectivity index (χ4v) is 2.03. The molecule has 5 atom stereocenters. The first kappa shape index (κ1) is 18.3. The van der Waals surface area contributed by atoms with Crippen LogP contribution in [-0.4, -0.2) is 71.8 Å². The van der Waals surface area contributed by atoms with Gasteiger partial charge in [0.2, 0.25) is 5.91 Å². The van der Waals surface area contributed by atoms with Crippen molar-refractivity contribution in [3.63, 3.8) is 0 Å². The van der Waals surface area contributed by atoms with Crippen molar-refractivity contribution < 1.29 is 34.3 Å². The third-order valence-electron chi connectivity index (χ3n) is 3.30. The van der Waals surface area contributed by atoms with Gasteiger partial charge in [-0.2, -0.15) is 0 Å². The van der Waals surface area contributed by atoms with E-state index < -0.39 is 31.2 Å². The normalized spacial score (nSPS) is 31.0. The number of carbonyl (C=O) groups is 1. The minimum atomic E-state index is -1.11. The van der Waals surface area contributed by atoms with E-state index >= 15 is 0 Å². The van der Waals surface area contributed by atoms with Gasteiger partial charge in [-0.3, -0.25) is 4.79 Å². The minimum Gasteiger partial charge on any atom is -0.394 e. The highest BCUT2D eigenvalue weighted by Gasteiger charge is 2.36. The molecule has 0 radical (unpaired) electrons. The van der Waals surface area contributed by atoms with E-state index in [1.807, 2.05) is 6.92 Å². The van der Waals surface area contributed by atoms with Gasteiger partial charge < -0.3 is 35.3 Å². The zero-order valence-electron chi connectivity index (χ0n) is 12.2. The first-order chi connectivity index (χ1) is 9.93. The van der Waals surface area contributed by atoms with Gasteiger partial charge in [-0.05, 0) is 13.3 Å². The second-order valence-corrected chi connectivity index (χ2v) is 5.14. The van der Waals surface area contributed by atoms with E-state index in [-0.39, 0.29) is 31.5 Å². The van der Waals surface area contributed by atoms with Crippen LogP contribution >= 0.6 is 0 Å². The van der Waals surface area contributed by atoms with Crippen molar-refractivity contribution in [1.29, 1.82) is 0 Å². The Morgan fingerprint density at radius 2 is 2.14 bits per heavy atom. The predicted octanol–water partition coefficient (Wildman–Crippen LogP) is -1.50. The molecule has 0 bridgehead atoms. The quantitative estimate of drug-likeness (QED) is 0.381. The van der Waals surface area contributed by atoms with E-state index in [1.54, 1.807) is 0 Å². The maximum atomic E-state index is 10.6. The van der Waals surface area contributed by atoms with Crippen LogP contribution in [0.1, 0.15) is 26.2 Å². The van der Waals surface area contributed by atoms with Crippen molar-refractivity contribution in [3.05, 3.63) is 0 Å². The Bertz CT molecular complexity index is 315. The van der Waals surface area contributed by atoms with Crippen LogP contribution in [0.15, 0.2) is 0 Å². The molecular formula is C13H25NO7. The van der Waals surface area contributed by atoms with Gasteiger partial charge in [0.1, 0.15) is 12.2 Å². The van der Waals surface area contributed by atoms with Crippen molar-refractivity contribution >= 4 is 5.91 Å². The molecule has 0 aliphatic carbocycles. The van der Waals surface area contributed by atoms with Gasteiger partial charge in [0, 0.05) is 12.8 Å². The van der Waals surface area contributed by atoms with Gasteiger partial charge in [0.25, 0.3) is 0 Å². The molecule has 3 unspecified atom stereocenters. The van der Waals surface area contributed by atoms with Crippen LogP contribution in [0, 0.1) is 0 Å². The Morgan fingerprint density at radius 3 is 2.76 bits per heavy atom. The van der Waals surface area contributed by atoms with E-state index in [0.29, 0.717) is 13.0 Å². The van der Waals surface area contributed by atoms with Gasteiger partial charge in [-0.15, -0.1) is 0 Å². The molecule has 8 heteroatoms. The molecule has 0 spiro atoms. The molecule has 1 rings (SSSR count). The highest BCUT2D eigenvalue weighted by Crippen LogP contribution is 2.21. The molecule has 0 aromatic carbocycles. The highest BCUT2D eigenvalue weighted by molar-refractivity contribution is 5.73. The summed E-state index contributed by atoms with van der Waals surface area (Å²) in [7, 11) is 0. The Labute approximate surface area is 123 Å². The number of aliphatic hydroxyl groups is 3. The summed E-state index contributed by atoms with van der Waals surface area (Å²) in [6.07, 6.45) is -2.79. The second kappa shape index (κ2) is 9.29. The molecule has 1 aliphatic rings. The van der Waals surface area contributed by atoms with Crippen LogP contribution in [0.25, 0.3) is 0 Å². The molecule has 1 heterocycles. The molecule has 21 heavy (non-hydrogen) atoms. The fraction of sp³-hybridized carbons (Fsp3) is 0.923. The Balaban J connectivity index is 2.16. The maximum Gasteiger partial charge on any atom is 0.217 e. The lowest BCUT2D eigenvalue weighted by atomic mass is 10.0. The van der Waals surface area contributed by atoms with Crippen molar-refractivity contribution in [1.82, 2.24) is 0 Å². The van der Waals surface area contributed by atoms with E-state index in [1.165, 1.54) is 0 Å². The smallest absolute Gasteiger partial charge is 0.217 e. The summed E-state index contributed by atoms with van der Waals surface area (Å²) in [5.74, 6) is -0.361. The first-order valence-electron chi connectivity index (χ1n) is 7.08. The number of hydrogen-bond donors (Lipinski definition) is 4. The summed E-state index contributed by atoms with van der Waals surface area (Å²) in [6, 6.07) is 0. The lowest BCUT2D eigenvalue weighted by Crippen LogP contribution is -2.50. The number of rotatable bonds is 9. The van der Waals surface area contributed by atoms with Crippen LogP contribution in [0.4, 0.5) is 0 Å². The zero-order valence-corrected chi connectivity index (χ0v) is 12.2. The molecule has 8 nitrogen and oxygen atoms in total. The van der Waals surface area contributed by atoms with Crippen molar-refractivity contribution in [3.8, 4) is 0 Å². The average Bonchev–Trinajstić information content (AvgIpc) is 2.44. The largest absolute Gasteiger partial charge is 0.394 e. The molecule has 0 aromatic heterocycles. The number of amides is 1. The van der Waals surface area contributed by atoms with Gasteiger partial charge >= 0.3 is 0 Å². The van der Waals surface area contributed by atoms with Crippen LogP contribution in [0.3, 0.4) is 0 Å². The number of nitrogens with two attached hydrogens (primary N) is 1. The van der Waals surface area contributed by atoms with Crippen molar-refractivity contribution in [2.45, 2.75) is 56.9 Å². The molecule has 5 N–H and O–H groups in total. The number of primary amides is 1. The number of aliphatic hydroxyl groups excluding tert-OH is 3. The fourth-order valence-electron chi connectivity index (χ4n) is 2.03. The minimum absolute atomic E-state index is 0.106. The number of carbonyl (C=O) groups excluding carboxylic acids is 1. The van der Waals surface area contributed by atoms with Gasteiger partial charge in [0.05, 0.1) is 32.0 Å². The monoisotopic (exact) mass is 307 g/mol. The van der Waals surface area contributed by atoms with Crippen LogP contribution in [-0.2, 0) is 19.0 Å². The number of hydrogen-bond acceptors (Lipinski definition) is 7. The highest BCUT2D eigenvalue weighted by atomic mass is 16.7. The van der Waals surface area contributed by atoms with Crippen LogP contribution in [0.5, 0.6) is 0 Å². The average molecular weight is 307 g/mol. The maximum absolute atomic E-state index is 10.6. The zero-order chi connectivity index (χ0) is 15.8. The summed E-state index contributed by atoms with van der Waals surface area (Å²) in [6.45, 7) is 2.00. The SMILES string of the molecule is CC(CCC(N)=O)OCCO[C@H]1C[C@@H](O)C(O)C(CO)O1. The summed E-state index contributed by atoms with van der Waals surface area (Å²) in [5, 5.41) is 28.2. The second-order valence-electron chi connectivity index (χ2n) is 5.14. The topological polar surface area (TPSA) is 131 Å². The third-order valence-corrected chi connectivity index (χ3v) is 3.30. The molecule has 0 saturated carbocycles. The standard InChI is InChI=1S/C13H25NO7/c1-8(2-3-11(14)17)19-4-5-20-12-6-9(16)13(18)10(7-15)21-12/h8-10,12-13,15-16,18H,2-7H2,1H3,(H2,14,17)/t8?,9-,10?,12-,13?/m1/s1. The van der Waals surface area contributed by atoms with E-state index in [4.69, 9.17) is 25.1 Å². The van der Waals surface area contributed by atoms with Gasteiger partial charge in [-0.1, -0.05) is 0 Å². The molecule has 0 aromatic rings. The lowest BCUT2D eigenvalue weighted by Gasteiger charge is -2.36. The van der Waals surface area contributed by atoms with Crippen molar-refractivity contribution in [2.75, 3.05) is 19.8 Å². The molecule has 1 fully saturated rings. The Morgan fingerprint density at radius 1 is 1.43 bits per heavy atom. The van der Waals surface area contributed by atoms with E-state index in [2.05, 4.69) is 0 Å². The molecular weight excluding hydrogens is 282 g/mol. The van der Waals surface area contributed by atoms with Crippen molar-refractivity contribution in [2.24, 2.45) is 5.73 Å². The molecule has 1 saturated heterocycles. The van der Waals surface area contributed by atoms with Crippen LogP contribution in [0.2, 0.25) is 0 Å². The Kier molecular flexibility index (Phi) is 8.09. The molecule has 124 valence electrons. The third kappa shape index (κ3) is 6.68. The molecule has 1 amide bonds. The Hall–Kier alpha value is -0.770. The number of ether oxygens (including phenoxy) is 3. The van der Waals surface area contributed by atoms with E-state index in [0.717, 1.165) is 0 Å².